The Labute approximate surface area is 133 Å². The molecule has 0 bridgehead atoms. The van der Waals surface area contributed by atoms with Crippen molar-refractivity contribution >= 4 is 11.9 Å². The van der Waals surface area contributed by atoms with Gasteiger partial charge in [-0.25, -0.2) is 4.68 Å². The maximum absolute atomic E-state index is 12.7. The largest absolute Gasteiger partial charge is 0.481 e. The molecule has 3 heterocycles. The van der Waals surface area contributed by atoms with Crippen LogP contribution in [0.2, 0.25) is 0 Å². The SMILES string of the molecule is CC1CCC(C(=O)O)CN1C(=O)c1cc(-n2cccn2)ccn1. The summed E-state index contributed by atoms with van der Waals surface area (Å²) in [7, 11) is 0. The van der Waals surface area contributed by atoms with E-state index in [0.29, 0.717) is 18.5 Å². The van der Waals surface area contributed by atoms with Crippen molar-refractivity contribution < 1.29 is 14.7 Å². The second-order valence-electron chi connectivity index (χ2n) is 5.77. The van der Waals surface area contributed by atoms with Gasteiger partial charge in [-0.05, 0) is 38.0 Å². The molecule has 0 aromatic carbocycles. The zero-order valence-corrected chi connectivity index (χ0v) is 12.8. The molecule has 0 spiro atoms. The van der Waals surface area contributed by atoms with Crippen molar-refractivity contribution in [2.45, 2.75) is 25.8 Å². The molecular formula is C16H18N4O3. The Morgan fingerprint density at radius 2 is 2.13 bits per heavy atom. The van der Waals surface area contributed by atoms with Crippen molar-refractivity contribution in [2.24, 2.45) is 5.92 Å². The number of carbonyl (C=O) groups is 2. The van der Waals surface area contributed by atoms with Gasteiger partial charge in [0.25, 0.3) is 5.91 Å². The van der Waals surface area contributed by atoms with Gasteiger partial charge in [0.15, 0.2) is 0 Å². The predicted molar refractivity (Wildman–Crippen MR) is 82.2 cm³/mol. The number of likely N-dealkylation sites (tertiary alicyclic amines) is 1. The minimum absolute atomic E-state index is 0.00765. The predicted octanol–water partition coefficient (Wildman–Crippen LogP) is 1.59. The first-order valence-electron chi connectivity index (χ1n) is 7.56. The monoisotopic (exact) mass is 314 g/mol. The van der Waals surface area contributed by atoms with Crippen LogP contribution in [0.4, 0.5) is 0 Å². The average molecular weight is 314 g/mol. The molecule has 0 aliphatic carbocycles. The second-order valence-corrected chi connectivity index (χ2v) is 5.77. The fourth-order valence-corrected chi connectivity index (χ4v) is 2.84. The molecule has 2 unspecified atom stereocenters. The third kappa shape index (κ3) is 3.08. The number of rotatable bonds is 3. The maximum atomic E-state index is 12.7. The van der Waals surface area contributed by atoms with Crippen molar-refractivity contribution in [3.63, 3.8) is 0 Å². The minimum Gasteiger partial charge on any atom is -0.481 e. The first-order valence-corrected chi connectivity index (χ1v) is 7.56. The summed E-state index contributed by atoms with van der Waals surface area (Å²) in [5.74, 6) is -1.60. The summed E-state index contributed by atoms with van der Waals surface area (Å²) in [6, 6.07) is 5.25. The van der Waals surface area contributed by atoms with Gasteiger partial charge in [-0.15, -0.1) is 0 Å². The maximum Gasteiger partial charge on any atom is 0.308 e. The third-order valence-electron chi connectivity index (χ3n) is 4.22. The molecule has 2 atom stereocenters. The molecule has 3 rings (SSSR count). The van der Waals surface area contributed by atoms with Crippen LogP contribution in [0.5, 0.6) is 0 Å². The van der Waals surface area contributed by atoms with Crippen LogP contribution in [0, 0.1) is 5.92 Å². The Hall–Kier alpha value is -2.70. The first-order chi connectivity index (χ1) is 11.1. The number of hydrogen-bond acceptors (Lipinski definition) is 4. The number of carboxylic acid groups (broad SMARTS) is 1. The number of carbonyl (C=O) groups excluding carboxylic acids is 1. The Morgan fingerprint density at radius 1 is 1.30 bits per heavy atom. The van der Waals surface area contributed by atoms with E-state index in [0.717, 1.165) is 5.69 Å². The third-order valence-corrected chi connectivity index (χ3v) is 4.22. The summed E-state index contributed by atoms with van der Waals surface area (Å²) in [5, 5.41) is 13.3. The van der Waals surface area contributed by atoms with Gasteiger partial charge in [-0.3, -0.25) is 14.6 Å². The van der Waals surface area contributed by atoms with Crippen LogP contribution in [0.1, 0.15) is 30.3 Å². The molecule has 0 saturated carbocycles. The van der Waals surface area contributed by atoms with E-state index in [4.69, 9.17) is 0 Å². The molecule has 7 heteroatoms. The van der Waals surface area contributed by atoms with E-state index in [9.17, 15) is 14.7 Å². The molecule has 1 aliphatic heterocycles. The number of aliphatic carboxylic acids is 1. The van der Waals surface area contributed by atoms with Gasteiger partial charge >= 0.3 is 5.97 Å². The molecule has 1 N–H and O–H groups in total. The van der Waals surface area contributed by atoms with Crippen molar-refractivity contribution in [3.05, 3.63) is 42.5 Å². The highest BCUT2D eigenvalue weighted by molar-refractivity contribution is 5.93. The Morgan fingerprint density at radius 3 is 2.83 bits per heavy atom. The Bertz CT molecular complexity index is 714. The van der Waals surface area contributed by atoms with E-state index >= 15 is 0 Å². The number of piperidine rings is 1. The van der Waals surface area contributed by atoms with Crippen LogP contribution in [-0.2, 0) is 4.79 Å². The molecule has 1 fully saturated rings. The standard InChI is InChI=1S/C16H18N4O3/c1-11-3-4-12(16(22)23)10-19(11)15(21)14-9-13(5-7-17-14)20-8-2-6-18-20/h2,5-9,11-12H,3-4,10H2,1H3,(H,22,23). The fourth-order valence-electron chi connectivity index (χ4n) is 2.84. The quantitative estimate of drug-likeness (QED) is 0.929. The van der Waals surface area contributed by atoms with Crippen LogP contribution < -0.4 is 0 Å². The normalized spacial score (nSPS) is 21.2. The Balaban J connectivity index is 1.84. The second kappa shape index (κ2) is 6.20. The van der Waals surface area contributed by atoms with Gasteiger partial charge in [-0.1, -0.05) is 0 Å². The van der Waals surface area contributed by atoms with Gasteiger partial charge in [0, 0.05) is 31.2 Å². The number of amides is 1. The van der Waals surface area contributed by atoms with Crippen LogP contribution in [0.15, 0.2) is 36.8 Å². The summed E-state index contributed by atoms with van der Waals surface area (Å²) in [6.45, 7) is 2.16. The molecule has 1 saturated heterocycles. The van der Waals surface area contributed by atoms with Crippen LogP contribution in [0.3, 0.4) is 0 Å². The fraction of sp³-hybridized carbons (Fsp3) is 0.375. The van der Waals surface area contributed by atoms with E-state index in [1.54, 1.807) is 46.4 Å². The van der Waals surface area contributed by atoms with Crippen molar-refractivity contribution in [3.8, 4) is 5.69 Å². The van der Waals surface area contributed by atoms with Gasteiger partial charge < -0.3 is 10.0 Å². The van der Waals surface area contributed by atoms with Gasteiger partial charge in [-0.2, -0.15) is 5.10 Å². The van der Waals surface area contributed by atoms with Gasteiger partial charge in [0.2, 0.25) is 0 Å². The average Bonchev–Trinajstić information content (AvgIpc) is 3.09. The van der Waals surface area contributed by atoms with E-state index in [1.807, 2.05) is 6.92 Å². The zero-order chi connectivity index (χ0) is 16.4. The summed E-state index contributed by atoms with van der Waals surface area (Å²) in [4.78, 5) is 29.7. The van der Waals surface area contributed by atoms with E-state index in [1.165, 1.54) is 0 Å². The highest BCUT2D eigenvalue weighted by Crippen LogP contribution is 2.24. The molecule has 1 amide bonds. The van der Waals surface area contributed by atoms with Crippen LogP contribution in [0.25, 0.3) is 5.69 Å². The van der Waals surface area contributed by atoms with Gasteiger partial charge in [0.05, 0.1) is 11.6 Å². The van der Waals surface area contributed by atoms with E-state index in [-0.39, 0.29) is 18.5 Å². The highest BCUT2D eigenvalue weighted by atomic mass is 16.4. The summed E-state index contributed by atoms with van der Waals surface area (Å²) in [6.07, 6.45) is 6.29. The molecule has 23 heavy (non-hydrogen) atoms. The van der Waals surface area contributed by atoms with Crippen molar-refractivity contribution in [1.29, 1.82) is 0 Å². The summed E-state index contributed by atoms with van der Waals surface area (Å²) >= 11 is 0. The molecular weight excluding hydrogens is 296 g/mol. The smallest absolute Gasteiger partial charge is 0.308 e. The molecule has 1 aliphatic rings. The number of hydrogen-bond donors (Lipinski definition) is 1. The lowest BCUT2D eigenvalue weighted by Crippen LogP contribution is -2.47. The van der Waals surface area contributed by atoms with Gasteiger partial charge in [0.1, 0.15) is 5.69 Å². The van der Waals surface area contributed by atoms with Crippen molar-refractivity contribution in [1.82, 2.24) is 19.7 Å². The first kappa shape index (κ1) is 15.2. The lowest BCUT2D eigenvalue weighted by molar-refractivity contribution is -0.143. The lowest BCUT2D eigenvalue weighted by atomic mass is 9.93. The Kier molecular flexibility index (Phi) is 4.10. The molecule has 2 aromatic rings. The number of nitrogens with zero attached hydrogens (tertiary/aromatic N) is 4. The number of aromatic nitrogens is 3. The number of pyridine rings is 1. The van der Waals surface area contributed by atoms with Crippen molar-refractivity contribution in [2.75, 3.05) is 6.54 Å². The summed E-state index contributed by atoms with van der Waals surface area (Å²) < 4.78 is 1.65. The van der Waals surface area contributed by atoms with E-state index in [2.05, 4.69) is 10.1 Å². The molecule has 120 valence electrons. The molecule has 7 nitrogen and oxygen atoms in total. The molecule has 0 radical (unpaired) electrons. The lowest BCUT2D eigenvalue weighted by Gasteiger charge is -2.36. The van der Waals surface area contributed by atoms with Crippen LogP contribution in [-0.4, -0.2) is 49.2 Å². The summed E-state index contributed by atoms with van der Waals surface area (Å²) in [5.41, 5.74) is 1.05. The number of carboxylic acids is 1. The van der Waals surface area contributed by atoms with Crippen LogP contribution >= 0.6 is 0 Å². The zero-order valence-electron chi connectivity index (χ0n) is 12.8. The minimum atomic E-state index is -0.854. The highest BCUT2D eigenvalue weighted by Gasteiger charge is 2.33. The molecule has 2 aromatic heterocycles. The topological polar surface area (TPSA) is 88.3 Å². The van der Waals surface area contributed by atoms with E-state index < -0.39 is 11.9 Å².